The van der Waals surface area contributed by atoms with E-state index < -0.39 is 10.0 Å². The summed E-state index contributed by atoms with van der Waals surface area (Å²) in [5.74, 6) is 0.361. The number of Topliss-reactive ketones (excluding diaryl/α,β-unsaturated/α-hetero) is 1. The lowest BCUT2D eigenvalue weighted by molar-refractivity contribution is -0.134. The second kappa shape index (κ2) is 9.68. The molecule has 5 rings (SSSR count). The Hall–Kier alpha value is -3.21. The van der Waals surface area contributed by atoms with Crippen molar-refractivity contribution in [3.63, 3.8) is 0 Å². The zero-order valence-electron chi connectivity index (χ0n) is 19.5. The van der Waals surface area contributed by atoms with Crippen LogP contribution in [0.25, 0.3) is 10.9 Å². The number of rotatable bonds is 5. The van der Waals surface area contributed by atoms with Crippen molar-refractivity contribution in [3.05, 3.63) is 64.7 Å². The van der Waals surface area contributed by atoms with E-state index in [0.29, 0.717) is 54.2 Å². The Labute approximate surface area is 214 Å². The molecule has 0 bridgehead atoms. The fourth-order valence-corrected chi connectivity index (χ4v) is 6.14. The fraction of sp³-hybridized carbons (Fsp3) is 0.320. The van der Waals surface area contributed by atoms with Gasteiger partial charge in [0.1, 0.15) is 16.6 Å². The molecule has 3 aromatic rings. The van der Waals surface area contributed by atoms with Crippen LogP contribution in [0.3, 0.4) is 0 Å². The van der Waals surface area contributed by atoms with E-state index in [2.05, 4.69) is 4.98 Å². The number of hydrogen-bond acceptors (Lipinski definition) is 5. The highest BCUT2D eigenvalue weighted by molar-refractivity contribution is 7.89. The largest absolute Gasteiger partial charge is 0.356 e. The van der Waals surface area contributed by atoms with E-state index in [-0.39, 0.29) is 36.4 Å². The predicted octanol–water partition coefficient (Wildman–Crippen LogP) is 2.84. The zero-order chi connectivity index (χ0) is 25.4. The van der Waals surface area contributed by atoms with Gasteiger partial charge in [0.25, 0.3) is 10.0 Å². The average Bonchev–Trinajstić information content (AvgIpc) is 3.30. The van der Waals surface area contributed by atoms with Crippen LogP contribution in [0.15, 0.2) is 53.6 Å². The Morgan fingerprint density at radius 3 is 2.39 bits per heavy atom. The highest BCUT2D eigenvalue weighted by Gasteiger charge is 2.34. The normalized spacial score (nSPS) is 17.7. The van der Waals surface area contributed by atoms with Crippen molar-refractivity contribution in [2.75, 3.05) is 32.7 Å². The molecule has 2 aromatic carbocycles. The molecule has 2 aliphatic rings. The number of carbonyl (C=O) groups excluding carboxylic acids is 2. The first-order valence-corrected chi connectivity index (χ1v) is 13.5. The van der Waals surface area contributed by atoms with Crippen LogP contribution in [0.5, 0.6) is 0 Å². The summed E-state index contributed by atoms with van der Waals surface area (Å²) < 4.78 is 27.5. The van der Waals surface area contributed by atoms with Gasteiger partial charge in [-0.15, -0.1) is 0 Å². The third-order valence-corrected chi connectivity index (χ3v) is 8.70. The van der Waals surface area contributed by atoms with Gasteiger partial charge in [-0.25, -0.2) is 8.42 Å². The summed E-state index contributed by atoms with van der Waals surface area (Å²) in [4.78, 5) is 30.8. The highest BCUT2D eigenvalue weighted by Crippen LogP contribution is 2.25. The summed E-state index contributed by atoms with van der Waals surface area (Å²) in [6.45, 7) is 1.74. The van der Waals surface area contributed by atoms with Gasteiger partial charge < -0.3 is 14.8 Å². The van der Waals surface area contributed by atoms with Gasteiger partial charge in [0.15, 0.2) is 0 Å². The molecule has 0 spiro atoms. The van der Waals surface area contributed by atoms with Gasteiger partial charge in [-0.3, -0.25) is 15.0 Å². The lowest BCUT2D eigenvalue weighted by Crippen LogP contribution is -2.51. The summed E-state index contributed by atoms with van der Waals surface area (Å²) in [6, 6.07) is 14.1. The summed E-state index contributed by atoms with van der Waals surface area (Å²) in [7, 11) is -3.86. The monoisotopic (exact) mass is 527 g/mol. The molecule has 0 saturated carbocycles. The van der Waals surface area contributed by atoms with Crippen LogP contribution in [-0.4, -0.2) is 77.8 Å². The van der Waals surface area contributed by atoms with Crippen LogP contribution in [0.1, 0.15) is 24.0 Å². The number of amidine groups is 1. The second-order valence-electron chi connectivity index (χ2n) is 9.09. The van der Waals surface area contributed by atoms with Gasteiger partial charge in [0.05, 0.1) is 6.54 Å². The molecule has 0 unspecified atom stereocenters. The number of carbonyl (C=O) groups is 2. The van der Waals surface area contributed by atoms with Crippen LogP contribution in [0.4, 0.5) is 0 Å². The molecule has 2 fully saturated rings. The summed E-state index contributed by atoms with van der Waals surface area (Å²) >= 11 is 6.01. The number of benzene rings is 2. The number of fused-ring (bicyclic) bond motifs is 1. The molecular weight excluding hydrogens is 502 g/mol. The minimum absolute atomic E-state index is 0.0390. The molecule has 11 heteroatoms. The van der Waals surface area contributed by atoms with Gasteiger partial charge in [0.2, 0.25) is 5.91 Å². The van der Waals surface area contributed by atoms with E-state index in [9.17, 15) is 18.0 Å². The van der Waals surface area contributed by atoms with Gasteiger partial charge in [-0.1, -0.05) is 35.9 Å². The maximum atomic E-state index is 13.2. The first-order chi connectivity index (χ1) is 17.2. The van der Waals surface area contributed by atoms with Gasteiger partial charge in [-0.05, 0) is 29.8 Å². The standard InChI is InChI=1S/C25H26ClN5O4S/c26-20-5-6-22-19(13-20)14-23(28-22)36(34,35)31-12-11-30(24(33)16-31)15-17-1-3-18(4-2-17)25(27)29-9-7-21(32)8-10-29/h1-6,13-14,27-28H,7-12,15-16H2. The van der Waals surface area contributed by atoms with Crippen LogP contribution < -0.4 is 0 Å². The lowest BCUT2D eigenvalue weighted by Gasteiger charge is -2.33. The van der Waals surface area contributed by atoms with Crippen molar-refractivity contribution < 1.29 is 18.0 Å². The Balaban J connectivity index is 1.21. The summed E-state index contributed by atoms with van der Waals surface area (Å²) in [6.07, 6.45) is 0.942. The number of piperidine rings is 1. The number of nitrogens with zero attached hydrogens (tertiary/aromatic N) is 3. The Kier molecular flexibility index (Phi) is 6.59. The van der Waals surface area contributed by atoms with Gasteiger partial charge >= 0.3 is 0 Å². The number of amides is 1. The van der Waals surface area contributed by atoms with E-state index >= 15 is 0 Å². The quantitative estimate of drug-likeness (QED) is 0.391. The molecule has 2 saturated heterocycles. The maximum Gasteiger partial charge on any atom is 0.259 e. The molecule has 2 aliphatic heterocycles. The minimum Gasteiger partial charge on any atom is -0.356 e. The molecular formula is C25H26ClN5O4S. The van der Waals surface area contributed by atoms with E-state index in [0.717, 1.165) is 11.1 Å². The number of hydrogen-bond donors (Lipinski definition) is 2. The van der Waals surface area contributed by atoms with Crippen molar-refractivity contribution in [2.45, 2.75) is 24.4 Å². The molecule has 36 heavy (non-hydrogen) atoms. The average molecular weight is 528 g/mol. The number of nitrogens with one attached hydrogen (secondary N) is 2. The topological polar surface area (TPSA) is 118 Å². The smallest absolute Gasteiger partial charge is 0.259 e. The van der Waals surface area contributed by atoms with E-state index in [1.165, 1.54) is 10.4 Å². The van der Waals surface area contributed by atoms with Crippen LogP contribution in [0, 0.1) is 5.41 Å². The van der Waals surface area contributed by atoms with E-state index in [4.69, 9.17) is 17.0 Å². The SMILES string of the molecule is N=C(c1ccc(CN2CCN(S(=O)(=O)c3cc4cc(Cl)ccc4[nH]3)CC2=O)cc1)N1CCC(=O)CC1. The van der Waals surface area contributed by atoms with Crippen molar-refractivity contribution >= 4 is 50.1 Å². The molecule has 9 nitrogen and oxygen atoms in total. The number of ketones is 1. The number of H-pyrrole nitrogens is 1. The van der Waals surface area contributed by atoms with E-state index in [1.54, 1.807) is 23.1 Å². The molecule has 0 aliphatic carbocycles. The summed E-state index contributed by atoms with van der Waals surface area (Å²) in [5, 5.41) is 9.67. The van der Waals surface area contributed by atoms with Gasteiger partial charge in [0, 0.05) is 67.1 Å². The lowest BCUT2D eigenvalue weighted by atomic mass is 10.1. The number of likely N-dealkylation sites (tertiary alicyclic amines) is 1. The van der Waals surface area contributed by atoms with Crippen LogP contribution >= 0.6 is 11.6 Å². The van der Waals surface area contributed by atoms with Gasteiger partial charge in [-0.2, -0.15) is 4.31 Å². The minimum atomic E-state index is -3.86. The Bertz CT molecular complexity index is 1440. The summed E-state index contributed by atoms with van der Waals surface area (Å²) in [5.41, 5.74) is 2.32. The molecule has 3 heterocycles. The first-order valence-electron chi connectivity index (χ1n) is 11.7. The zero-order valence-corrected chi connectivity index (χ0v) is 21.1. The molecule has 1 amide bonds. The number of sulfonamides is 1. The molecule has 0 atom stereocenters. The Morgan fingerprint density at radius 2 is 1.69 bits per heavy atom. The number of halogens is 1. The second-order valence-corrected chi connectivity index (χ2v) is 11.4. The fourth-order valence-electron chi connectivity index (χ4n) is 4.56. The van der Waals surface area contributed by atoms with E-state index in [1.807, 2.05) is 29.2 Å². The molecule has 2 N–H and O–H groups in total. The van der Waals surface area contributed by atoms with Crippen molar-refractivity contribution in [3.8, 4) is 0 Å². The highest BCUT2D eigenvalue weighted by atomic mass is 35.5. The molecule has 0 radical (unpaired) electrons. The third kappa shape index (κ3) is 4.88. The van der Waals surface area contributed by atoms with Crippen molar-refractivity contribution in [1.29, 1.82) is 5.41 Å². The third-order valence-electron chi connectivity index (χ3n) is 6.70. The number of aromatic nitrogens is 1. The Morgan fingerprint density at radius 1 is 0.972 bits per heavy atom. The van der Waals surface area contributed by atoms with Crippen molar-refractivity contribution in [1.82, 2.24) is 19.1 Å². The van der Waals surface area contributed by atoms with Crippen molar-refractivity contribution in [2.24, 2.45) is 0 Å². The van der Waals surface area contributed by atoms with Crippen LogP contribution in [0.2, 0.25) is 5.02 Å². The molecule has 1 aromatic heterocycles. The molecule has 188 valence electrons. The number of aromatic amines is 1. The first kappa shape index (κ1) is 24.5. The van der Waals surface area contributed by atoms with Crippen LogP contribution in [-0.2, 0) is 26.2 Å². The maximum absolute atomic E-state index is 13.2. The number of piperazine rings is 1. The predicted molar refractivity (Wildman–Crippen MR) is 137 cm³/mol.